The summed E-state index contributed by atoms with van der Waals surface area (Å²) in [4.78, 5) is 20.7. The van der Waals surface area contributed by atoms with Crippen LogP contribution in [0, 0.1) is 6.92 Å². The first-order chi connectivity index (χ1) is 8.15. The van der Waals surface area contributed by atoms with Gasteiger partial charge in [0.1, 0.15) is 11.6 Å². The standard InChI is InChI=1S/C11H13N5O/c1-6-4-7-8(15-10(6)12)5-9(14-7)16-3-2-13-11(16)17/h4-5,14H,2-3H2,1H3,(H2,12,15)(H,13,17). The molecule has 1 fully saturated rings. The number of carbonyl (C=O) groups excluding carboxylic acids is 1. The van der Waals surface area contributed by atoms with E-state index < -0.39 is 0 Å². The molecule has 2 aromatic heterocycles. The molecule has 1 aliphatic rings. The summed E-state index contributed by atoms with van der Waals surface area (Å²) in [6.45, 7) is 3.24. The van der Waals surface area contributed by atoms with Crippen LogP contribution in [0.4, 0.5) is 16.4 Å². The Hall–Kier alpha value is -2.24. The van der Waals surface area contributed by atoms with Gasteiger partial charge in [0, 0.05) is 19.2 Å². The van der Waals surface area contributed by atoms with Crippen molar-refractivity contribution in [1.29, 1.82) is 0 Å². The van der Waals surface area contributed by atoms with Crippen LogP contribution in [0.3, 0.4) is 0 Å². The molecule has 2 amide bonds. The van der Waals surface area contributed by atoms with Gasteiger partial charge in [-0.05, 0) is 18.6 Å². The minimum Gasteiger partial charge on any atom is -0.383 e. The molecule has 0 aliphatic carbocycles. The number of aryl methyl sites for hydroxylation is 1. The second kappa shape index (κ2) is 3.38. The Bertz CT molecular complexity index is 564. The van der Waals surface area contributed by atoms with Crippen molar-refractivity contribution in [3.8, 4) is 0 Å². The number of carbonyl (C=O) groups is 1. The summed E-state index contributed by atoms with van der Waals surface area (Å²) >= 11 is 0. The number of pyridine rings is 1. The number of hydrogen-bond donors (Lipinski definition) is 3. The number of nitrogen functional groups attached to an aromatic ring is 1. The highest BCUT2D eigenvalue weighted by Gasteiger charge is 2.22. The van der Waals surface area contributed by atoms with Gasteiger partial charge in [-0.25, -0.2) is 9.78 Å². The number of amides is 2. The molecule has 6 heteroatoms. The van der Waals surface area contributed by atoms with Gasteiger partial charge in [0.05, 0.1) is 11.0 Å². The van der Waals surface area contributed by atoms with Crippen molar-refractivity contribution in [1.82, 2.24) is 15.3 Å². The zero-order chi connectivity index (χ0) is 12.0. The molecule has 0 atom stereocenters. The molecule has 0 saturated carbocycles. The van der Waals surface area contributed by atoms with Crippen LogP contribution in [0.15, 0.2) is 12.1 Å². The van der Waals surface area contributed by atoms with E-state index in [1.54, 1.807) is 4.90 Å². The number of rotatable bonds is 1. The maximum atomic E-state index is 11.5. The van der Waals surface area contributed by atoms with Crippen molar-refractivity contribution in [3.05, 3.63) is 17.7 Å². The smallest absolute Gasteiger partial charge is 0.323 e. The van der Waals surface area contributed by atoms with Crippen LogP contribution in [-0.4, -0.2) is 29.1 Å². The third kappa shape index (κ3) is 1.49. The molecule has 0 bridgehead atoms. The lowest BCUT2D eigenvalue weighted by Gasteiger charge is -2.10. The summed E-state index contributed by atoms with van der Waals surface area (Å²) in [6, 6.07) is 3.70. The first kappa shape index (κ1) is 9.95. The van der Waals surface area contributed by atoms with E-state index in [1.807, 2.05) is 19.1 Å². The fourth-order valence-electron chi connectivity index (χ4n) is 2.00. The van der Waals surface area contributed by atoms with E-state index >= 15 is 0 Å². The predicted octanol–water partition coefficient (Wildman–Crippen LogP) is 0.983. The Balaban J connectivity index is 2.10. The third-order valence-corrected chi connectivity index (χ3v) is 2.97. The first-order valence-corrected chi connectivity index (χ1v) is 5.46. The second-order valence-electron chi connectivity index (χ2n) is 4.16. The molecule has 17 heavy (non-hydrogen) atoms. The Kier molecular flexibility index (Phi) is 1.98. The SMILES string of the molecule is Cc1cc2[nH]c(N3CCNC3=O)cc2nc1N. The zero-order valence-electron chi connectivity index (χ0n) is 9.45. The molecule has 1 saturated heterocycles. The lowest BCUT2D eigenvalue weighted by molar-refractivity contribution is 0.252. The van der Waals surface area contributed by atoms with Gasteiger partial charge in [0.15, 0.2) is 0 Å². The molecule has 3 heterocycles. The number of aromatic nitrogens is 2. The van der Waals surface area contributed by atoms with Crippen LogP contribution in [-0.2, 0) is 0 Å². The number of urea groups is 1. The monoisotopic (exact) mass is 231 g/mol. The number of H-pyrrole nitrogens is 1. The van der Waals surface area contributed by atoms with Crippen LogP contribution in [0.25, 0.3) is 11.0 Å². The van der Waals surface area contributed by atoms with Crippen molar-refractivity contribution in [2.75, 3.05) is 23.7 Å². The average molecular weight is 231 g/mol. The van der Waals surface area contributed by atoms with Gasteiger partial charge in [0.2, 0.25) is 0 Å². The van der Waals surface area contributed by atoms with E-state index in [1.165, 1.54) is 0 Å². The summed E-state index contributed by atoms with van der Waals surface area (Å²) < 4.78 is 0. The van der Waals surface area contributed by atoms with Gasteiger partial charge < -0.3 is 16.0 Å². The summed E-state index contributed by atoms with van der Waals surface area (Å²) in [5, 5.41) is 2.76. The Labute approximate surface area is 97.8 Å². The topological polar surface area (TPSA) is 87.0 Å². The van der Waals surface area contributed by atoms with Crippen molar-refractivity contribution in [2.24, 2.45) is 0 Å². The maximum Gasteiger partial charge on any atom is 0.323 e. The summed E-state index contributed by atoms with van der Waals surface area (Å²) in [5.74, 6) is 1.28. The molecule has 6 nitrogen and oxygen atoms in total. The van der Waals surface area contributed by atoms with E-state index in [0.717, 1.165) is 22.4 Å². The number of fused-ring (bicyclic) bond motifs is 1. The van der Waals surface area contributed by atoms with Gasteiger partial charge in [0.25, 0.3) is 0 Å². The first-order valence-electron chi connectivity index (χ1n) is 5.46. The third-order valence-electron chi connectivity index (χ3n) is 2.97. The fourth-order valence-corrected chi connectivity index (χ4v) is 2.00. The highest BCUT2D eigenvalue weighted by Crippen LogP contribution is 2.24. The van der Waals surface area contributed by atoms with E-state index in [9.17, 15) is 4.79 Å². The molecule has 0 radical (unpaired) electrons. The average Bonchev–Trinajstić information content (AvgIpc) is 2.85. The van der Waals surface area contributed by atoms with Gasteiger partial charge >= 0.3 is 6.03 Å². The molecule has 0 unspecified atom stereocenters. The molecular formula is C11H13N5O. The molecular weight excluding hydrogens is 218 g/mol. The predicted molar refractivity (Wildman–Crippen MR) is 66.0 cm³/mol. The van der Waals surface area contributed by atoms with Crippen LogP contribution in [0.1, 0.15) is 5.56 Å². The Morgan fingerprint density at radius 1 is 1.47 bits per heavy atom. The van der Waals surface area contributed by atoms with Crippen molar-refractivity contribution < 1.29 is 4.79 Å². The van der Waals surface area contributed by atoms with Gasteiger partial charge in [-0.15, -0.1) is 0 Å². The van der Waals surface area contributed by atoms with Crippen molar-refractivity contribution in [3.63, 3.8) is 0 Å². The number of hydrogen-bond acceptors (Lipinski definition) is 3. The van der Waals surface area contributed by atoms with Crippen LogP contribution in [0.2, 0.25) is 0 Å². The molecule has 2 aromatic rings. The minimum absolute atomic E-state index is 0.0822. The van der Waals surface area contributed by atoms with Gasteiger partial charge in [-0.3, -0.25) is 4.90 Å². The number of aromatic amines is 1. The summed E-state index contributed by atoms with van der Waals surface area (Å²) in [5.41, 5.74) is 8.36. The molecule has 88 valence electrons. The van der Waals surface area contributed by atoms with E-state index in [2.05, 4.69) is 15.3 Å². The quantitative estimate of drug-likeness (QED) is 0.683. The van der Waals surface area contributed by atoms with Crippen molar-refractivity contribution in [2.45, 2.75) is 6.92 Å². The second-order valence-corrected chi connectivity index (χ2v) is 4.16. The number of nitrogens with two attached hydrogens (primary N) is 1. The summed E-state index contributed by atoms with van der Waals surface area (Å²) in [7, 11) is 0. The lowest BCUT2D eigenvalue weighted by Crippen LogP contribution is -2.27. The lowest BCUT2D eigenvalue weighted by atomic mass is 10.2. The van der Waals surface area contributed by atoms with Crippen LogP contribution in [0.5, 0.6) is 0 Å². The van der Waals surface area contributed by atoms with E-state index in [0.29, 0.717) is 18.9 Å². The molecule has 3 rings (SSSR count). The number of anilines is 2. The highest BCUT2D eigenvalue weighted by atomic mass is 16.2. The Morgan fingerprint density at radius 3 is 3.00 bits per heavy atom. The normalized spacial score (nSPS) is 15.6. The van der Waals surface area contributed by atoms with Gasteiger partial charge in [-0.2, -0.15) is 0 Å². The zero-order valence-corrected chi connectivity index (χ0v) is 9.45. The summed E-state index contributed by atoms with van der Waals surface area (Å²) in [6.07, 6.45) is 0. The Morgan fingerprint density at radius 2 is 2.29 bits per heavy atom. The maximum absolute atomic E-state index is 11.5. The molecule has 1 aliphatic heterocycles. The highest BCUT2D eigenvalue weighted by molar-refractivity contribution is 5.96. The molecule has 0 spiro atoms. The van der Waals surface area contributed by atoms with Gasteiger partial charge in [-0.1, -0.05) is 0 Å². The largest absolute Gasteiger partial charge is 0.383 e. The molecule has 0 aromatic carbocycles. The van der Waals surface area contributed by atoms with Crippen LogP contribution >= 0.6 is 0 Å². The number of nitrogens with one attached hydrogen (secondary N) is 2. The van der Waals surface area contributed by atoms with E-state index in [4.69, 9.17) is 5.73 Å². The van der Waals surface area contributed by atoms with E-state index in [-0.39, 0.29) is 6.03 Å². The minimum atomic E-state index is -0.0822. The van der Waals surface area contributed by atoms with Crippen molar-refractivity contribution >= 4 is 28.7 Å². The van der Waals surface area contributed by atoms with Crippen LogP contribution < -0.4 is 16.0 Å². The number of nitrogens with zero attached hydrogens (tertiary/aromatic N) is 2. The molecule has 4 N–H and O–H groups in total. The fraction of sp³-hybridized carbons (Fsp3) is 0.273.